The highest BCUT2D eigenvalue weighted by Gasteiger charge is 2.11. The Labute approximate surface area is 118 Å². The molecule has 0 heterocycles. The smallest absolute Gasteiger partial charge is 0.163 e. The number of anilines is 1. The second kappa shape index (κ2) is 7.46. The molecule has 1 atom stereocenters. The third kappa shape index (κ3) is 3.77. The molecular formula is C15H14N4O. The summed E-state index contributed by atoms with van der Waals surface area (Å²) in [4.78, 5) is 0. The summed E-state index contributed by atoms with van der Waals surface area (Å²) in [5.74, 6) is 0.574. The van der Waals surface area contributed by atoms with E-state index in [0.29, 0.717) is 11.4 Å². The fourth-order valence-corrected chi connectivity index (χ4v) is 1.39. The molecule has 5 heteroatoms. The van der Waals surface area contributed by atoms with Gasteiger partial charge in [0.05, 0.1) is 11.8 Å². The average molecular weight is 266 g/mol. The van der Waals surface area contributed by atoms with Crippen molar-refractivity contribution in [2.24, 2.45) is 0 Å². The van der Waals surface area contributed by atoms with E-state index in [1.165, 1.54) is 0 Å². The minimum Gasteiger partial charge on any atom is -0.489 e. The van der Waals surface area contributed by atoms with Crippen LogP contribution in [0, 0.1) is 34.0 Å². The van der Waals surface area contributed by atoms with Crippen molar-refractivity contribution < 1.29 is 4.74 Å². The third-order valence-corrected chi connectivity index (χ3v) is 2.64. The van der Waals surface area contributed by atoms with E-state index < -0.39 is 0 Å². The van der Waals surface area contributed by atoms with Gasteiger partial charge in [-0.2, -0.15) is 15.8 Å². The molecule has 0 aliphatic rings. The summed E-state index contributed by atoms with van der Waals surface area (Å²) in [6, 6.07) is 12.3. The predicted octanol–water partition coefficient (Wildman–Crippen LogP) is 3.10. The van der Waals surface area contributed by atoms with Crippen molar-refractivity contribution in [1.82, 2.24) is 0 Å². The molecule has 0 amide bonds. The molecule has 5 nitrogen and oxygen atoms in total. The van der Waals surface area contributed by atoms with E-state index in [4.69, 9.17) is 20.5 Å². The van der Waals surface area contributed by atoms with Gasteiger partial charge in [-0.05, 0) is 25.5 Å². The molecule has 0 bridgehead atoms. The Morgan fingerprint density at radius 3 is 2.40 bits per heavy atom. The molecule has 0 aliphatic carbocycles. The minimum atomic E-state index is -0.258. The lowest BCUT2D eigenvalue weighted by Crippen LogP contribution is -2.11. The molecule has 0 radical (unpaired) electrons. The first-order chi connectivity index (χ1) is 9.65. The highest BCUT2D eigenvalue weighted by Crippen LogP contribution is 2.27. The van der Waals surface area contributed by atoms with Crippen LogP contribution in [-0.2, 0) is 0 Å². The Hall–Kier alpha value is -2.97. The summed E-state index contributed by atoms with van der Waals surface area (Å²) in [5.41, 5.74) is 0.202. The first kappa shape index (κ1) is 15.1. The maximum absolute atomic E-state index is 9.03. The fourth-order valence-electron chi connectivity index (χ4n) is 1.39. The molecule has 1 N–H and O–H groups in total. The van der Waals surface area contributed by atoms with E-state index in [-0.39, 0.29) is 17.4 Å². The lowest BCUT2D eigenvalue weighted by molar-refractivity contribution is 0.218. The van der Waals surface area contributed by atoms with Crippen molar-refractivity contribution in [2.45, 2.75) is 26.4 Å². The second-order valence-electron chi connectivity index (χ2n) is 4.04. The number of para-hydroxylation sites is 2. The SMILES string of the molecule is CCC(C)Oc1ccccc1NC(C#N)=C(C#N)C#N. The number of allylic oxidation sites excluding steroid dienone is 2. The molecule has 1 aromatic rings. The van der Waals surface area contributed by atoms with E-state index in [0.717, 1.165) is 6.42 Å². The third-order valence-electron chi connectivity index (χ3n) is 2.64. The van der Waals surface area contributed by atoms with Crippen LogP contribution in [0.4, 0.5) is 5.69 Å². The average Bonchev–Trinajstić information content (AvgIpc) is 2.48. The standard InChI is InChI=1S/C15H14N4O/c1-3-11(2)20-15-7-5-4-6-13(15)19-14(10-18)12(8-16)9-17/h4-7,11,19H,3H2,1-2H3. The molecule has 100 valence electrons. The van der Waals surface area contributed by atoms with Crippen molar-refractivity contribution in [3.8, 4) is 24.0 Å². The molecule has 0 saturated heterocycles. The van der Waals surface area contributed by atoms with Gasteiger partial charge in [0.2, 0.25) is 0 Å². The fraction of sp³-hybridized carbons (Fsp3) is 0.267. The zero-order valence-corrected chi connectivity index (χ0v) is 11.3. The van der Waals surface area contributed by atoms with Gasteiger partial charge in [-0.15, -0.1) is 0 Å². The number of hydrogen-bond donors (Lipinski definition) is 1. The first-order valence-electron chi connectivity index (χ1n) is 6.13. The summed E-state index contributed by atoms with van der Waals surface area (Å²) in [6.07, 6.45) is 0.871. The van der Waals surface area contributed by atoms with Crippen LogP contribution in [0.5, 0.6) is 5.75 Å². The topological polar surface area (TPSA) is 92.6 Å². The Bertz CT molecular complexity index is 612. The van der Waals surface area contributed by atoms with Gasteiger partial charge < -0.3 is 10.1 Å². The van der Waals surface area contributed by atoms with Gasteiger partial charge in [0.15, 0.2) is 5.57 Å². The Morgan fingerprint density at radius 1 is 1.20 bits per heavy atom. The number of nitriles is 3. The zero-order valence-electron chi connectivity index (χ0n) is 11.3. The van der Waals surface area contributed by atoms with Gasteiger partial charge in [0.1, 0.15) is 29.7 Å². The van der Waals surface area contributed by atoms with Crippen LogP contribution >= 0.6 is 0 Å². The summed E-state index contributed by atoms with van der Waals surface area (Å²) >= 11 is 0. The number of benzene rings is 1. The summed E-state index contributed by atoms with van der Waals surface area (Å²) in [6.45, 7) is 3.94. The normalized spacial score (nSPS) is 10.3. The monoisotopic (exact) mass is 266 g/mol. The molecule has 0 aliphatic heterocycles. The molecule has 0 spiro atoms. The molecule has 0 saturated carbocycles. The van der Waals surface area contributed by atoms with Crippen LogP contribution in [0.1, 0.15) is 20.3 Å². The zero-order chi connectivity index (χ0) is 15.0. The van der Waals surface area contributed by atoms with Crippen molar-refractivity contribution in [3.63, 3.8) is 0 Å². The predicted molar refractivity (Wildman–Crippen MR) is 74.3 cm³/mol. The second-order valence-corrected chi connectivity index (χ2v) is 4.04. The van der Waals surface area contributed by atoms with E-state index in [2.05, 4.69) is 5.32 Å². The maximum atomic E-state index is 9.03. The van der Waals surface area contributed by atoms with Crippen LogP contribution < -0.4 is 10.1 Å². The number of nitrogens with one attached hydrogen (secondary N) is 1. The van der Waals surface area contributed by atoms with Gasteiger partial charge >= 0.3 is 0 Å². The Kier molecular flexibility index (Phi) is 5.63. The van der Waals surface area contributed by atoms with Crippen LogP contribution in [0.3, 0.4) is 0 Å². The van der Waals surface area contributed by atoms with Crippen molar-refractivity contribution >= 4 is 5.69 Å². The van der Waals surface area contributed by atoms with E-state index in [1.54, 1.807) is 30.3 Å². The van der Waals surface area contributed by atoms with Crippen molar-refractivity contribution in [3.05, 3.63) is 35.5 Å². The van der Waals surface area contributed by atoms with Crippen molar-refractivity contribution in [2.75, 3.05) is 5.32 Å². The Balaban J connectivity index is 3.11. The first-order valence-corrected chi connectivity index (χ1v) is 6.13. The summed E-state index contributed by atoms with van der Waals surface area (Å²) in [5, 5.41) is 29.4. The van der Waals surface area contributed by atoms with Crippen LogP contribution in [0.25, 0.3) is 0 Å². The van der Waals surface area contributed by atoms with E-state index >= 15 is 0 Å². The summed E-state index contributed by atoms with van der Waals surface area (Å²) in [7, 11) is 0. The van der Waals surface area contributed by atoms with Gasteiger partial charge in [0.25, 0.3) is 0 Å². The van der Waals surface area contributed by atoms with Gasteiger partial charge in [0, 0.05) is 0 Å². The van der Waals surface area contributed by atoms with Gasteiger partial charge in [-0.1, -0.05) is 19.1 Å². The number of hydrogen-bond acceptors (Lipinski definition) is 5. The molecular weight excluding hydrogens is 252 g/mol. The highest BCUT2D eigenvalue weighted by atomic mass is 16.5. The Morgan fingerprint density at radius 2 is 1.85 bits per heavy atom. The minimum absolute atomic E-state index is 0.0267. The molecule has 1 aromatic carbocycles. The van der Waals surface area contributed by atoms with Crippen molar-refractivity contribution in [1.29, 1.82) is 15.8 Å². The quantitative estimate of drug-likeness (QED) is 0.826. The summed E-state index contributed by atoms with van der Waals surface area (Å²) < 4.78 is 5.73. The van der Waals surface area contributed by atoms with Gasteiger partial charge in [-0.25, -0.2) is 0 Å². The highest BCUT2D eigenvalue weighted by molar-refractivity contribution is 5.64. The van der Waals surface area contributed by atoms with Crippen LogP contribution in [0.2, 0.25) is 0 Å². The molecule has 1 unspecified atom stereocenters. The lowest BCUT2D eigenvalue weighted by atomic mass is 10.2. The number of ether oxygens (including phenoxy) is 1. The maximum Gasteiger partial charge on any atom is 0.163 e. The van der Waals surface area contributed by atoms with Crippen LogP contribution in [-0.4, -0.2) is 6.10 Å². The molecule has 0 aromatic heterocycles. The largest absolute Gasteiger partial charge is 0.489 e. The van der Waals surface area contributed by atoms with Gasteiger partial charge in [-0.3, -0.25) is 0 Å². The molecule has 1 rings (SSSR count). The number of nitrogens with zero attached hydrogens (tertiary/aromatic N) is 3. The van der Waals surface area contributed by atoms with E-state index in [1.807, 2.05) is 26.0 Å². The number of rotatable bonds is 5. The molecule has 0 fully saturated rings. The molecule has 20 heavy (non-hydrogen) atoms. The van der Waals surface area contributed by atoms with Crippen LogP contribution in [0.15, 0.2) is 35.5 Å². The lowest BCUT2D eigenvalue weighted by Gasteiger charge is -2.16. The van der Waals surface area contributed by atoms with E-state index in [9.17, 15) is 0 Å².